The summed E-state index contributed by atoms with van der Waals surface area (Å²) in [6, 6.07) is 10.5. The molecule has 1 aromatic carbocycles. The molecule has 0 amide bonds. The summed E-state index contributed by atoms with van der Waals surface area (Å²) in [5.74, 6) is 1.56. The summed E-state index contributed by atoms with van der Waals surface area (Å²) in [6.45, 7) is 5.33. The molecule has 0 saturated carbocycles. The fourth-order valence-corrected chi connectivity index (χ4v) is 2.16. The largest absolute Gasteiger partial charge is 0.370 e. The first-order valence-corrected chi connectivity index (χ1v) is 6.34. The standard InChI is InChI=1S/C15H17N3/c1-10(2)8-16-15-7-12-11-5-3-4-6-13(11)18-14(12)9-17-15/h3-7,9-10,18H,8H2,1-2H3,(H,16,17). The SMILES string of the molecule is CC(C)CNc1cc2c(cn1)[nH]c1ccccc12. The third-order valence-corrected chi connectivity index (χ3v) is 3.08. The molecule has 3 nitrogen and oxygen atoms in total. The molecule has 0 radical (unpaired) electrons. The van der Waals surface area contributed by atoms with Crippen LogP contribution in [-0.2, 0) is 0 Å². The van der Waals surface area contributed by atoms with Crippen molar-refractivity contribution >= 4 is 27.6 Å². The van der Waals surface area contributed by atoms with E-state index >= 15 is 0 Å². The second-order valence-corrected chi connectivity index (χ2v) is 5.06. The maximum Gasteiger partial charge on any atom is 0.126 e. The van der Waals surface area contributed by atoms with Crippen molar-refractivity contribution in [3.63, 3.8) is 0 Å². The molecule has 18 heavy (non-hydrogen) atoms. The number of aromatic amines is 1. The average Bonchev–Trinajstić information content (AvgIpc) is 2.74. The third-order valence-electron chi connectivity index (χ3n) is 3.08. The van der Waals surface area contributed by atoms with E-state index in [9.17, 15) is 0 Å². The molecule has 3 heteroatoms. The Bertz CT molecular complexity index is 682. The van der Waals surface area contributed by atoms with Gasteiger partial charge in [-0.25, -0.2) is 4.98 Å². The number of fused-ring (bicyclic) bond motifs is 3. The lowest BCUT2D eigenvalue weighted by Gasteiger charge is -2.07. The van der Waals surface area contributed by atoms with Crippen LogP contribution in [-0.4, -0.2) is 16.5 Å². The predicted molar refractivity (Wildman–Crippen MR) is 76.9 cm³/mol. The van der Waals surface area contributed by atoms with Gasteiger partial charge in [0.25, 0.3) is 0 Å². The van der Waals surface area contributed by atoms with Crippen molar-refractivity contribution in [3.05, 3.63) is 36.5 Å². The molecular formula is C15H17N3. The van der Waals surface area contributed by atoms with E-state index < -0.39 is 0 Å². The molecule has 0 saturated heterocycles. The molecule has 3 rings (SSSR count). The minimum atomic E-state index is 0.616. The zero-order valence-electron chi connectivity index (χ0n) is 10.7. The molecule has 0 aliphatic heterocycles. The summed E-state index contributed by atoms with van der Waals surface area (Å²) >= 11 is 0. The molecule has 2 N–H and O–H groups in total. The van der Waals surface area contributed by atoms with Crippen molar-refractivity contribution < 1.29 is 0 Å². The lowest BCUT2D eigenvalue weighted by atomic mass is 10.2. The Morgan fingerprint density at radius 1 is 1.17 bits per heavy atom. The minimum absolute atomic E-state index is 0.616. The molecule has 0 aliphatic rings. The van der Waals surface area contributed by atoms with Gasteiger partial charge in [-0.05, 0) is 18.1 Å². The number of anilines is 1. The van der Waals surface area contributed by atoms with E-state index in [1.807, 2.05) is 12.3 Å². The number of nitrogens with one attached hydrogen (secondary N) is 2. The van der Waals surface area contributed by atoms with Crippen LogP contribution in [0.3, 0.4) is 0 Å². The fourth-order valence-electron chi connectivity index (χ4n) is 2.16. The van der Waals surface area contributed by atoms with E-state index in [0.29, 0.717) is 5.92 Å². The second-order valence-electron chi connectivity index (χ2n) is 5.06. The zero-order valence-corrected chi connectivity index (χ0v) is 10.7. The van der Waals surface area contributed by atoms with Crippen molar-refractivity contribution in [1.82, 2.24) is 9.97 Å². The Balaban J connectivity index is 2.07. The van der Waals surface area contributed by atoms with Crippen LogP contribution < -0.4 is 5.32 Å². The maximum atomic E-state index is 4.43. The topological polar surface area (TPSA) is 40.7 Å². The van der Waals surface area contributed by atoms with Crippen LogP contribution in [0, 0.1) is 5.92 Å². The summed E-state index contributed by atoms with van der Waals surface area (Å²) in [4.78, 5) is 7.81. The van der Waals surface area contributed by atoms with Crippen LogP contribution in [0.15, 0.2) is 36.5 Å². The number of pyridine rings is 1. The number of H-pyrrole nitrogens is 1. The van der Waals surface area contributed by atoms with E-state index in [-0.39, 0.29) is 0 Å². The van der Waals surface area contributed by atoms with Crippen LogP contribution in [0.1, 0.15) is 13.8 Å². The number of para-hydroxylation sites is 1. The Morgan fingerprint density at radius 3 is 2.83 bits per heavy atom. The summed E-state index contributed by atoms with van der Waals surface area (Å²) in [5, 5.41) is 5.85. The number of rotatable bonds is 3. The molecule has 0 aliphatic carbocycles. The third kappa shape index (κ3) is 1.92. The molecule has 92 valence electrons. The van der Waals surface area contributed by atoms with Gasteiger partial charge in [0, 0.05) is 22.8 Å². The number of hydrogen-bond donors (Lipinski definition) is 2. The molecule has 0 bridgehead atoms. The van der Waals surface area contributed by atoms with Gasteiger partial charge in [-0.15, -0.1) is 0 Å². The number of hydrogen-bond acceptors (Lipinski definition) is 2. The monoisotopic (exact) mass is 239 g/mol. The van der Waals surface area contributed by atoms with Crippen molar-refractivity contribution in [1.29, 1.82) is 0 Å². The molecule has 0 spiro atoms. The van der Waals surface area contributed by atoms with Gasteiger partial charge < -0.3 is 10.3 Å². The van der Waals surface area contributed by atoms with Crippen LogP contribution in [0.5, 0.6) is 0 Å². The Labute approximate surface area is 106 Å². The molecule has 0 unspecified atom stereocenters. The first kappa shape index (κ1) is 11.1. The highest BCUT2D eigenvalue weighted by Gasteiger charge is 2.05. The van der Waals surface area contributed by atoms with Crippen molar-refractivity contribution in [2.75, 3.05) is 11.9 Å². The molecule has 0 atom stereocenters. The van der Waals surface area contributed by atoms with Crippen LogP contribution in [0.4, 0.5) is 5.82 Å². The van der Waals surface area contributed by atoms with Crippen molar-refractivity contribution in [2.24, 2.45) is 5.92 Å². The van der Waals surface area contributed by atoms with E-state index in [0.717, 1.165) is 23.4 Å². The highest BCUT2D eigenvalue weighted by molar-refractivity contribution is 6.07. The van der Waals surface area contributed by atoms with E-state index in [1.165, 1.54) is 10.8 Å². The van der Waals surface area contributed by atoms with Gasteiger partial charge >= 0.3 is 0 Å². The summed E-state index contributed by atoms with van der Waals surface area (Å²) in [5.41, 5.74) is 2.25. The van der Waals surface area contributed by atoms with Gasteiger partial charge in [0.1, 0.15) is 5.82 Å². The van der Waals surface area contributed by atoms with E-state index in [4.69, 9.17) is 0 Å². The highest BCUT2D eigenvalue weighted by Crippen LogP contribution is 2.26. The van der Waals surface area contributed by atoms with Gasteiger partial charge in [-0.3, -0.25) is 0 Å². The Kier molecular flexibility index (Phi) is 2.67. The molecule has 3 aromatic rings. The minimum Gasteiger partial charge on any atom is -0.370 e. The lowest BCUT2D eigenvalue weighted by molar-refractivity contribution is 0.687. The van der Waals surface area contributed by atoms with Crippen molar-refractivity contribution in [2.45, 2.75) is 13.8 Å². The summed E-state index contributed by atoms with van der Waals surface area (Å²) < 4.78 is 0. The Morgan fingerprint density at radius 2 is 2.00 bits per heavy atom. The second kappa shape index (κ2) is 4.33. The zero-order chi connectivity index (χ0) is 12.5. The maximum absolute atomic E-state index is 4.43. The molecular weight excluding hydrogens is 222 g/mol. The Hall–Kier alpha value is -2.03. The smallest absolute Gasteiger partial charge is 0.126 e. The highest BCUT2D eigenvalue weighted by atomic mass is 15.0. The van der Waals surface area contributed by atoms with Crippen LogP contribution in [0.2, 0.25) is 0 Å². The molecule has 0 fully saturated rings. The van der Waals surface area contributed by atoms with E-state index in [1.54, 1.807) is 0 Å². The van der Waals surface area contributed by atoms with Gasteiger partial charge in [0.15, 0.2) is 0 Å². The fraction of sp³-hybridized carbons (Fsp3) is 0.267. The van der Waals surface area contributed by atoms with Gasteiger partial charge in [-0.2, -0.15) is 0 Å². The van der Waals surface area contributed by atoms with Crippen LogP contribution >= 0.6 is 0 Å². The first-order chi connectivity index (χ1) is 8.74. The molecule has 2 heterocycles. The van der Waals surface area contributed by atoms with Crippen LogP contribution in [0.25, 0.3) is 21.8 Å². The quantitative estimate of drug-likeness (QED) is 0.730. The number of benzene rings is 1. The van der Waals surface area contributed by atoms with Gasteiger partial charge in [-0.1, -0.05) is 32.0 Å². The summed E-state index contributed by atoms with van der Waals surface area (Å²) in [7, 11) is 0. The molecule has 2 aromatic heterocycles. The first-order valence-electron chi connectivity index (χ1n) is 6.34. The van der Waals surface area contributed by atoms with Gasteiger partial charge in [0.2, 0.25) is 0 Å². The number of nitrogens with zero attached hydrogens (tertiary/aromatic N) is 1. The van der Waals surface area contributed by atoms with E-state index in [2.05, 4.69) is 53.4 Å². The van der Waals surface area contributed by atoms with Gasteiger partial charge in [0.05, 0.1) is 11.7 Å². The lowest BCUT2D eigenvalue weighted by Crippen LogP contribution is -2.08. The van der Waals surface area contributed by atoms with Crippen molar-refractivity contribution in [3.8, 4) is 0 Å². The normalized spacial score (nSPS) is 11.5. The summed E-state index contributed by atoms with van der Waals surface area (Å²) in [6.07, 6.45) is 1.90. The predicted octanol–water partition coefficient (Wildman–Crippen LogP) is 3.78. The number of aromatic nitrogens is 2. The average molecular weight is 239 g/mol.